The molecule has 1 rings (SSSR count). The molecule has 0 aromatic heterocycles. The quantitative estimate of drug-likeness (QED) is 0.792. The number of carbonyl (C=O) groups is 2. The van der Waals surface area contributed by atoms with Crippen LogP contribution in [-0.2, 0) is 4.79 Å². The summed E-state index contributed by atoms with van der Waals surface area (Å²) in [6, 6.07) is 0.0260. The fourth-order valence-electron chi connectivity index (χ4n) is 2.63. The highest BCUT2D eigenvalue weighted by molar-refractivity contribution is 5.80. The van der Waals surface area contributed by atoms with E-state index in [9.17, 15) is 9.59 Å². The number of hydrogen-bond donors (Lipinski definition) is 2. The Morgan fingerprint density at radius 3 is 2.29 bits per heavy atom. The molecule has 1 saturated heterocycles. The SMILES string of the molecule is CC(C)C(CCO)NC(=O)C1CCN(C(=O)N(C)C)CC1. The number of aliphatic hydroxyl groups is 1. The maximum atomic E-state index is 12.3. The molecule has 0 aromatic rings. The lowest BCUT2D eigenvalue weighted by atomic mass is 9.94. The van der Waals surface area contributed by atoms with E-state index in [1.54, 1.807) is 23.9 Å². The molecule has 6 nitrogen and oxygen atoms in total. The topological polar surface area (TPSA) is 72.9 Å². The molecule has 21 heavy (non-hydrogen) atoms. The average Bonchev–Trinajstić information content (AvgIpc) is 2.45. The van der Waals surface area contributed by atoms with Crippen LogP contribution in [0.3, 0.4) is 0 Å². The van der Waals surface area contributed by atoms with E-state index in [4.69, 9.17) is 5.11 Å². The third kappa shape index (κ3) is 5.19. The van der Waals surface area contributed by atoms with Crippen LogP contribution < -0.4 is 5.32 Å². The lowest BCUT2D eigenvalue weighted by Crippen LogP contribution is -2.48. The normalized spacial score (nSPS) is 17.7. The van der Waals surface area contributed by atoms with Crippen molar-refractivity contribution in [2.24, 2.45) is 11.8 Å². The van der Waals surface area contributed by atoms with Gasteiger partial charge < -0.3 is 20.2 Å². The second-order valence-electron chi connectivity index (χ2n) is 6.31. The maximum Gasteiger partial charge on any atom is 0.319 e. The molecule has 0 spiro atoms. The number of hydrogen-bond acceptors (Lipinski definition) is 3. The van der Waals surface area contributed by atoms with Crippen molar-refractivity contribution in [1.29, 1.82) is 0 Å². The van der Waals surface area contributed by atoms with Crippen LogP contribution in [0, 0.1) is 11.8 Å². The zero-order valence-corrected chi connectivity index (χ0v) is 13.6. The van der Waals surface area contributed by atoms with Crippen molar-refractivity contribution in [2.45, 2.75) is 39.2 Å². The molecule has 0 bridgehead atoms. The van der Waals surface area contributed by atoms with E-state index >= 15 is 0 Å². The molecule has 1 unspecified atom stereocenters. The molecule has 1 aliphatic heterocycles. The number of carbonyl (C=O) groups excluding carboxylic acids is 2. The Hall–Kier alpha value is -1.30. The molecule has 2 N–H and O–H groups in total. The van der Waals surface area contributed by atoms with Crippen molar-refractivity contribution in [1.82, 2.24) is 15.1 Å². The second-order valence-corrected chi connectivity index (χ2v) is 6.31. The first-order chi connectivity index (χ1) is 9.86. The van der Waals surface area contributed by atoms with E-state index in [0.29, 0.717) is 38.3 Å². The lowest BCUT2D eigenvalue weighted by molar-refractivity contribution is -0.127. The number of piperidine rings is 1. The monoisotopic (exact) mass is 299 g/mol. The molecule has 0 saturated carbocycles. The van der Waals surface area contributed by atoms with E-state index in [1.807, 2.05) is 13.8 Å². The van der Waals surface area contributed by atoms with Crippen LogP contribution in [0.1, 0.15) is 33.1 Å². The predicted octanol–water partition coefficient (Wildman–Crippen LogP) is 0.903. The Morgan fingerprint density at radius 2 is 1.86 bits per heavy atom. The minimum absolute atomic E-state index is 0.00851. The summed E-state index contributed by atoms with van der Waals surface area (Å²) >= 11 is 0. The number of rotatable bonds is 5. The Bertz CT molecular complexity index is 350. The van der Waals surface area contributed by atoms with Gasteiger partial charge in [-0.15, -0.1) is 0 Å². The summed E-state index contributed by atoms with van der Waals surface area (Å²) in [5.41, 5.74) is 0. The van der Waals surface area contributed by atoms with Gasteiger partial charge in [0.15, 0.2) is 0 Å². The summed E-state index contributed by atoms with van der Waals surface area (Å²) in [5.74, 6) is 0.326. The smallest absolute Gasteiger partial charge is 0.319 e. The third-order valence-corrected chi connectivity index (χ3v) is 4.09. The highest BCUT2D eigenvalue weighted by Gasteiger charge is 2.29. The van der Waals surface area contributed by atoms with Crippen LogP contribution in [-0.4, -0.2) is 66.7 Å². The second kappa shape index (κ2) is 8.22. The molecule has 1 atom stereocenters. The van der Waals surface area contributed by atoms with Gasteiger partial charge in [0, 0.05) is 45.8 Å². The van der Waals surface area contributed by atoms with Gasteiger partial charge in [-0.25, -0.2) is 4.79 Å². The zero-order valence-electron chi connectivity index (χ0n) is 13.6. The van der Waals surface area contributed by atoms with Gasteiger partial charge in [-0.1, -0.05) is 13.8 Å². The summed E-state index contributed by atoms with van der Waals surface area (Å²) in [6.07, 6.45) is 1.99. The number of nitrogens with zero attached hydrogens (tertiary/aromatic N) is 2. The number of nitrogens with one attached hydrogen (secondary N) is 1. The van der Waals surface area contributed by atoms with Gasteiger partial charge in [-0.05, 0) is 25.2 Å². The summed E-state index contributed by atoms with van der Waals surface area (Å²) in [6.45, 7) is 5.42. The first-order valence-electron chi connectivity index (χ1n) is 7.74. The summed E-state index contributed by atoms with van der Waals surface area (Å²) in [4.78, 5) is 27.5. The van der Waals surface area contributed by atoms with Gasteiger partial charge >= 0.3 is 6.03 Å². The fourth-order valence-corrected chi connectivity index (χ4v) is 2.63. The fraction of sp³-hybridized carbons (Fsp3) is 0.867. The van der Waals surface area contributed by atoms with E-state index in [1.165, 1.54) is 0 Å². The Balaban J connectivity index is 2.46. The van der Waals surface area contributed by atoms with Crippen molar-refractivity contribution in [3.8, 4) is 0 Å². The molecular weight excluding hydrogens is 270 g/mol. The highest BCUT2D eigenvalue weighted by atomic mass is 16.3. The molecule has 1 fully saturated rings. The highest BCUT2D eigenvalue weighted by Crippen LogP contribution is 2.19. The lowest BCUT2D eigenvalue weighted by Gasteiger charge is -2.34. The van der Waals surface area contributed by atoms with Crippen LogP contribution in [0.25, 0.3) is 0 Å². The van der Waals surface area contributed by atoms with E-state index < -0.39 is 0 Å². The van der Waals surface area contributed by atoms with E-state index in [0.717, 1.165) is 0 Å². The summed E-state index contributed by atoms with van der Waals surface area (Å²) in [7, 11) is 3.48. The summed E-state index contributed by atoms with van der Waals surface area (Å²) < 4.78 is 0. The zero-order chi connectivity index (χ0) is 16.0. The van der Waals surface area contributed by atoms with E-state index in [2.05, 4.69) is 5.32 Å². The van der Waals surface area contributed by atoms with Crippen LogP contribution in [0.4, 0.5) is 4.79 Å². The molecule has 1 aliphatic rings. The predicted molar refractivity (Wildman–Crippen MR) is 81.9 cm³/mol. The molecular formula is C15H29N3O3. The standard InChI is InChI=1S/C15H29N3O3/c1-11(2)13(7-10-19)16-14(20)12-5-8-18(9-6-12)15(21)17(3)4/h11-13,19H,5-10H2,1-4H3,(H,16,20). The number of amides is 3. The Morgan fingerprint density at radius 1 is 1.29 bits per heavy atom. The average molecular weight is 299 g/mol. The molecule has 122 valence electrons. The number of likely N-dealkylation sites (tertiary alicyclic amines) is 1. The van der Waals surface area contributed by atoms with Crippen molar-refractivity contribution < 1.29 is 14.7 Å². The van der Waals surface area contributed by atoms with Crippen LogP contribution in [0.2, 0.25) is 0 Å². The molecule has 0 aliphatic carbocycles. The molecule has 3 amide bonds. The Labute approximate surface area is 127 Å². The van der Waals surface area contributed by atoms with Gasteiger partial charge in [0.25, 0.3) is 0 Å². The molecule has 1 heterocycles. The summed E-state index contributed by atoms with van der Waals surface area (Å²) in [5, 5.41) is 12.1. The Kier molecular flexibility index (Phi) is 6.95. The van der Waals surface area contributed by atoms with Crippen LogP contribution in [0.5, 0.6) is 0 Å². The number of urea groups is 1. The van der Waals surface area contributed by atoms with E-state index in [-0.39, 0.29) is 30.5 Å². The first-order valence-corrected chi connectivity index (χ1v) is 7.74. The molecule has 0 radical (unpaired) electrons. The van der Waals surface area contributed by atoms with Gasteiger partial charge in [-0.3, -0.25) is 4.79 Å². The largest absolute Gasteiger partial charge is 0.396 e. The third-order valence-electron chi connectivity index (χ3n) is 4.09. The van der Waals surface area contributed by atoms with Gasteiger partial charge in [0.1, 0.15) is 0 Å². The van der Waals surface area contributed by atoms with Crippen molar-refractivity contribution in [3.63, 3.8) is 0 Å². The van der Waals surface area contributed by atoms with Crippen molar-refractivity contribution >= 4 is 11.9 Å². The van der Waals surface area contributed by atoms with Crippen LogP contribution >= 0.6 is 0 Å². The van der Waals surface area contributed by atoms with Gasteiger partial charge in [0.05, 0.1) is 0 Å². The molecule has 6 heteroatoms. The van der Waals surface area contributed by atoms with Crippen molar-refractivity contribution in [3.05, 3.63) is 0 Å². The maximum absolute atomic E-state index is 12.3. The molecule has 0 aromatic carbocycles. The van der Waals surface area contributed by atoms with Gasteiger partial charge in [0.2, 0.25) is 5.91 Å². The van der Waals surface area contributed by atoms with Crippen LogP contribution in [0.15, 0.2) is 0 Å². The minimum atomic E-state index is -0.0313. The minimum Gasteiger partial charge on any atom is -0.396 e. The number of aliphatic hydroxyl groups excluding tert-OH is 1. The first kappa shape index (κ1) is 17.8. The van der Waals surface area contributed by atoms with Crippen molar-refractivity contribution in [2.75, 3.05) is 33.8 Å². The van der Waals surface area contributed by atoms with Gasteiger partial charge in [-0.2, -0.15) is 0 Å².